The summed E-state index contributed by atoms with van der Waals surface area (Å²) in [7, 11) is 0. The summed E-state index contributed by atoms with van der Waals surface area (Å²) in [4.78, 5) is 33.7. The maximum Gasteiger partial charge on any atom is 0.407 e. The first-order valence-corrected chi connectivity index (χ1v) is 15.5. The highest BCUT2D eigenvalue weighted by molar-refractivity contribution is 6.31. The van der Waals surface area contributed by atoms with Gasteiger partial charge in [0.2, 0.25) is 0 Å². The average molecular weight is 648 g/mol. The molecule has 4 N–H and O–H groups in total. The molecule has 2 amide bonds. The lowest BCUT2D eigenvalue weighted by molar-refractivity contribution is 0.0528. The number of carbonyl (C=O) groups is 2. The Morgan fingerprint density at radius 3 is 2.29 bits per heavy atom. The number of hydrogen-bond donors (Lipinski definition) is 4. The van der Waals surface area contributed by atoms with Gasteiger partial charge in [-0.05, 0) is 50.6 Å². The summed E-state index contributed by atoms with van der Waals surface area (Å²) in [6.45, 7) is 7.77. The summed E-state index contributed by atoms with van der Waals surface area (Å²) < 4.78 is 7.30. The number of hydrogen-bond acceptors (Lipinski definition) is 5. The van der Waals surface area contributed by atoms with E-state index in [-0.39, 0.29) is 5.91 Å². The van der Waals surface area contributed by atoms with E-state index < -0.39 is 11.7 Å². The average Bonchev–Trinajstić information content (AvgIpc) is 3.57. The molecule has 11 heteroatoms. The van der Waals surface area contributed by atoms with Gasteiger partial charge in [0.05, 0.1) is 17.7 Å². The maximum absolute atomic E-state index is 13.8. The molecule has 5 aromatic rings. The first kappa shape index (κ1) is 32.1. The van der Waals surface area contributed by atoms with Crippen molar-refractivity contribution in [3.8, 4) is 22.5 Å². The van der Waals surface area contributed by atoms with Crippen molar-refractivity contribution in [3.63, 3.8) is 0 Å². The number of carbonyl (C=O) groups excluding carboxylic acids is 2. The molecule has 2 heterocycles. The van der Waals surface area contributed by atoms with Crippen LogP contribution < -0.4 is 16.0 Å². The van der Waals surface area contributed by atoms with Gasteiger partial charge in [0.25, 0.3) is 5.91 Å². The minimum absolute atomic E-state index is 0.260. The fourth-order valence-electron chi connectivity index (χ4n) is 4.99. The van der Waals surface area contributed by atoms with E-state index in [1.54, 1.807) is 6.33 Å². The maximum atomic E-state index is 13.8. The molecule has 2 aromatic heterocycles. The van der Waals surface area contributed by atoms with Crippen LogP contribution >= 0.6 is 23.2 Å². The van der Waals surface area contributed by atoms with Gasteiger partial charge in [-0.25, -0.2) is 9.78 Å². The van der Waals surface area contributed by atoms with E-state index in [1.807, 2.05) is 93.6 Å². The second-order valence-corrected chi connectivity index (χ2v) is 12.4. The molecule has 0 bridgehead atoms. The molecule has 0 aliphatic carbocycles. The van der Waals surface area contributed by atoms with E-state index in [9.17, 15) is 9.59 Å². The van der Waals surface area contributed by atoms with Crippen LogP contribution in [0.3, 0.4) is 0 Å². The number of imidazole rings is 1. The molecule has 0 radical (unpaired) electrons. The van der Waals surface area contributed by atoms with E-state index in [4.69, 9.17) is 32.9 Å². The largest absolute Gasteiger partial charge is 0.444 e. The van der Waals surface area contributed by atoms with Crippen molar-refractivity contribution in [2.45, 2.75) is 32.9 Å². The smallest absolute Gasteiger partial charge is 0.407 e. The normalized spacial score (nSPS) is 11.5. The Labute approximate surface area is 272 Å². The lowest BCUT2D eigenvalue weighted by atomic mass is 10.0. The highest BCUT2D eigenvalue weighted by Gasteiger charge is 2.26. The minimum Gasteiger partial charge on any atom is -0.444 e. The Balaban J connectivity index is 1.40. The zero-order valence-electron chi connectivity index (χ0n) is 25.4. The molecule has 5 rings (SSSR count). The Morgan fingerprint density at radius 2 is 1.58 bits per heavy atom. The summed E-state index contributed by atoms with van der Waals surface area (Å²) in [6, 6.07) is 23.2. The molecule has 0 unspecified atom stereocenters. The first-order chi connectivity index (χ1) is 21.6. The van der Waals surface area contributed by atoms with E-state index >= 15 is 0 Å². The SMILES string of the molecule is CC(C)(C)OC(=O)NCCNCCNC(=O)c1[nH]c2cc(Cl)ccc2c1-c1c(-c2ccccc2)ncn1Cc1ccc(Cl)cc1. The number of fused-ring (bicyclic) bond motifs is 1. The number of H-pyrrole nitrogens is 1. The number of halogens is 2. The second-order valence-electron chi connectivity index (χ2n) is 11.6. The van der Waals surface area contributed by atoms with Crippen molar-refractivity contribution in [1.82, 2.24) is 30.5 Å². The van der Waals surface area contributed by atoms with E-state index in [2.05, 4.69) is 25.5 Å². The van der Waals surface area contributed by atoms with Crippen molar-refractivity contribution in [1.29, 1.82) is 0 Å². The Kier molecular flexibility index (Phi) is 10.1. The molecule has 0 aliphatic rings. The van der Waals surface area contributed by atoms with Crippen molar-refractivity contribution in [3.05, 3.63) is 100 Å². The topological polar surface area (TPSA) is 113 Å². The molecule has 234 valence electrons. The van der Waals surface area contributed by atoms with Crippen LogP contribution in [0.5, 0.6) is 0 Å². The van der Waals surface area contributed by atoms with Gasteiger partial charge >= 0.3 is 6.09 Å². The lowest BCUT2D eigenvalue weighted by Gasteiger charge is -2.19. The van der Waals surface area contributed by atoms with Crippen LogP contribution in [0.1, 0.15) is 36.8 Å². The first-order valence-electron chi connectivity index (χ1n) is 14.7. The van der Waals surface area contributed by atoms with Gasteiger partial charge < -0.3 is 30.2 Å². The van der Waals surface area contributed by atoms with Crippen LogP contribution in [0, 0.1) is 0 Å². The fourth-order valence-corrected chi connectivity index (χ4v) is 5.29. The predicted octanol–water partition coefficient (Wildman–Crippen LogP) is 6.90. The van der Waals surface area contributed by atoms with Crippen LogP contribution in [-0.4, -0.2) is 58.3 Å². The second kappa shape index (κ2) is 14.2. The molecule has 45 heavy (non-hydrogen) atoms. The van der Waals surface area contributed by atoms with Gasteiger partial charge in [-0.15, -0.1) is 0 Å². The Hall–Kier alpha value is -4.31. The summed E-state index contributed by atoms with van der Waals surface area (Å²) >= 11 is 12.5. The Morgan fingerprint density at radius 1 is 0.889 bits per heavy atom. The molecule has 0 saturated heterocycles. The molecule has 0 atom stereocenters. The van der Waals surface area contributed by atoms with Crippen molar-refractivity contribution in [2.24, 2.45) is 0 Å². The summed E-state index contributed by atoms with van der Waals surface area (Å²) in [6.07, 6.45) is 1.34. The van der Waals surface area contributed by atoms with Crippen molar-refractivity contribution in [2.75, 3.05) is 26.2 Å². The fraction of sp³-hybridized carbons (Fsp3) is 0.265. The highest BCUT2D eigenvalue weighted by Crippen LogP contribution is 2.39. The van der Waals surface area contributed by atoms with Gasteiger partial charge in [0, 0.05) is 64.8 Å². The number of ether oxygens (including phenoxy) is 1. The van der Waals surface area contributed by atoms with Crippen LogP contribution in [0.25, 0.3) is 33.4 Å². The number of nitrogens with zero attached hydrogens (tertiary/aromatic N) is 2. The number of aromatic nitrogens is 3. The molecule has 9 nitrogen and oxygen atoms in total. The molecule has 0 aliphatic heterocycles. The number of nitrogens with one attached hydrogen (secondary N) is 4. The summed E-state index contributed by atoms with van der Waals surface area (Å²) in [5.74, 6) is -0.260. The minimum atomic E-state index is -0.552. The third kappa shape index (κ3) is 8.25. The van der Waals surface area contributed by atoms with Gasteiger partial charge in [0.15, 0.2) is 0 Å². The molecular weight excluding hydrogens is 611 g/mol. The van der Waals surface area contributed by atoms with Crippen LogP contribution in [0.4, 0.5) is 4.79 Å². The summed E-state index contributed by atoms with van der Waals surface area (Å²) in [5, 5.41) is 11.0. The zero-order chi connectivity index (χ0) is 32.0. The molecule has 0 saturated carbocycles. The molecule has 3 aromatic carbocycles. The third-order valence-corrected chi connectivity index (χ3v) is 7.42. The van der Waals surface area contributed by atoms with E-state index in [0.29, 0.717) is 48.5 Å². The van der Waals surface area contributed by atoms with Gasteiger partial charge in [0.1, 0.15) is 11.3 Å². The standard InChI is InChI=1S/C34H36Cl2N6O3/c1-34(2,3)45-33(44)39-18-16-37-15-17-38-32(43)30-28(26-14-13-25(36)19-27(26)41-30)31-29(23-7-5-4-6-8-23)40-21-42(31)20-22-9-11-24(35)12-10-22/h4-14,19,21,37,41H,15-18,20H2,1-3H3,(H,38,43)(H,39,44). The van der Waals surface area contributed by atoms with Crippen LogP contribution in [-0.2, 0) is 11.3 Å². The van der Waals surface area contributed by atoms with E-state index in [0.717, 1.165) is 39.0 Å². The lowest BCUT2D eigenvalue weighted by Crippen LogP contribution is -2.38. The van der Waals surface area contributed by atoms with Gasteiger partial charge in [-0.2, -0.15) is 0 Å². The summed E-state index contributed by atoms with van der Waals surface area (Å²) in [5.41, 5.74) is 4.87. The highest BCUT2D eigenvalue weighted by atomic mass is 35.5. The Bertz CT molecular complexity index is 1780. The zero-order valence-corrected chi connectivity index (χ0v) is 26.9. The number of aromatic amines is 1. The number of alkyl carbamates (subject to hydrolysis) is 1. The monoisotopic (exact) mass is 646 g/mol. The van der Waals surface area contributed by atoms with Gasteiger partial charge in [-0.3, -0.25) is 4.79 Å². The van der Waals surface area contributed by atoms with Crippen LogP contribution in [0.2, 0.25) is 10.0 Å². The molecule has 0 spiro atoms. The molecule has 0 fully saturated rings. The third-order valence-electron chi connectivity index (χ3n) is 6.93. The number of benzene rings is 3. The quantitative estimate of drug-likeness (QED) is 0.117. The van der Waals surface area contributed by atoms with Crippen molar-refractivity contribution < 1.29 is 14.3 Å². The van der Waals surface area contributed by atoms with E-state index in [1.165, 1.54) is 0 Å². The van der Waals surface area contributed by atoms with Gasteiger partial charge in [-0.1, -0.05) is 71.7 Å². The van der Waals surface area contributed by atoms with Crippen molar-refractivity contribution >= 4 is 46.1 Å². The molecular formula is C34H36Cl2N6O3. The van der Waals surface area contributed by atoms with Crippen LogP contribution in [0.15, 0.2) is 79.1 Å². The number of amides is 2. The predicted molar refractivity (Wildman–Crippen MR) is 180 cm³/mol. The number of rotatable bonds is 11.